The summed E-state index contributed by atoms with van der Waals surface area (Å²) >= 11 is 0. The van der Waals surface area contributed by atoms with Crippen LogP contribution in [-0.4, -0.2) is 87.2 Å². The Labute approximate surface area is 387 Å². The Bertz CT molecular complexity index is 2150. The molecular formula is C49H69N4O10PSi. The van der Waals surface area contributed by atoms with Crippen LogP contribution in [0.15, 0.2) is 101 Å². The van der Waals surface area contributed by atoms with E-state index in [0.29, 0.717) is 11.5 Å². The van der Waals surface area contributed by atoms with Crippen LogP contribution in [0.3, 0.4) is 0 Å². The number of nitrogens with one attached hydrogen (secondary N) is 1. The molecule has 1 fully saturated rings. The summed E-state index contributed by atoms with van der Waals surface area (Å²) in [5.74, 6) is 1.32. The number of nitriles is 1. The quantitative estimate of drug-likeness (QED) is 0.0234. The first-order valence-electron chi connectivity index (χ1n) is 22.5. The largest absolute Gasteiger partial charge is 0.497 e. The summed E-state index contributed by atoms with van der Waals surface area (Å²) in [6.07, 6.45) is -2.43. The molecule has 5 atom stereocenters. The Hall–Kier alpha value is -4.20. The lowest BCUT2D eigenvalue weighted by Gasteiger charge is -2.43. The number of aromatic amines is 1. The van der Waals surface area contributed by atoms with Gasteiger partial charge >= 0.3 is 5.69 Å². The van der Waals surface area contributed by atoms with Crippen LogP contribution in [0.5, 0.6) is 11.5 Å². The monoisotopic (exact) mass is 932 g/mol. The molecule has 1 unspecified atom stereocenters. The van der Waals surface area contributed by atoms with Gasteiger partial charge in [-0.3, -0.25) is 14.3 Å². The third-order valence-corrected chi connectivity index (χ3v) is 20.3. The first-order valence-corrected chi connectivity index (χ1v) is 25.8. The highest BCUT2D eigenvalue weighted by Crippen LogP contribution is 2.50. The van der Waals surface area contributed by atoms with Crippen LogP contribution in [0.25, 0.3) is 0 Å². The summed E-state index contributed by atoms with van der Waals surface area (Å²) in [6, 6.07) is 28.9. The first kappa shape index (κ1) is 51.8. The van der Waals surface area contributed by atoms with Gasteiger partial charge in [-0.1, -0.05) is 96.1 Å². The molecule has 0 saturated carbocycles. The van der Waals surface area contributed by atoms with Gasteiger partial charge in [0.2, 0.25) is 8.32 Å². The molecule has 0 aliphatic carbocycles. The second kappa shape index (κ2) is 23.5. The van der Waals surface area contributed by atoms with E-state index in [9.17, 15) is 14.9 Å². The predicted molar refractivity (Wildman–Crippen MR) is 255 cm³/mol. The van der Waals surface area contributed by atoms with E-state index < -0.39 is 58.2 Å². The van der Waals surface area contributed by atoms with Gasteiger partial charge in [-0.15, -0.1) is 0 Å². The van der Waals surface area contributed by atoms with E-state index in [2.05, 4.69) is 85.0 Å². The van der Waals surface area contributed by atoms with Gasteiger partial charge < -0.3 is 37.2 Å². The molecule has 1 aromatic heterocycles. The van der Waals surface area contributed by atoms with Crippen molar-refractivity contribution in [2.24, 2.45) is 0 Å². The maximum Gasteiger partial charge on any atom is 0.330 e. The fourth-order valence-electron chi connectivity index (χ4n) is 9.41. The van der Waals surface area contributed by atoms with Gasteiger partial charge in [0.1, 0.15) is 42.2 Å². The highest BCUT2D eigenvalue weighted by atomic mass is 31.2. The van der Waals surface area contributed by atoms with Crippen LogP contribution in [-0.2, 0) is 33.3 Å². The van der Waals surface area contributed by atoms with Crippen molar-refractivity contribution >= 4 is 16.8 Å². The maximum absolute atomic E-state index is 13.8. The molecule has 0 radical (unpaired) electrons. The van der Waals surface area contributed by atoms with E-state index >= 15 is 0 Å². The second-order valence-corrected chi connectivity index (χ2v) is 24.6. The van der Waals surface area contributed by atoms with Gasteiger partial charge in [0.15, 0.2) is 6.23 Å². The van der Waals surface area contributed by atoms with E-state index in [4.69, 9.17) is 37.2 Å². The lowest BCUT2D eigenvalue weighted by molar-refractivity contribution is -0.148. The topological polar surface area (TPSA) is 156 Å². The average Bonchev–Trinajstić information content (AvgIpc) is 3.61. The van der Waals surface area contributed by atoms with Crippen molar-refractivity contribution in [3.63, 3.8) is 0 Å². The van der Waals surface area contributed by atoms with Crippen LogP contribution in [0.4, 0.5) is 0 Å². The lowest BCUT2D eigenvalue weighted by Crippen LogP contribution is -2.50. The summed E-state index contributed by atoms with van der Waals surface area (Å²) in [5, 5.41) is 9.44. The maximum atomic E-state index is 13.8. The molecule has 0 amide bonds. The molecule has 2 heterocycles. The number of nitrogens with zero attached hydrogens (tertiary/aromatic N) is 3. The van der Waals surface area contributed by atoms with E-state index in [1.54, 1.807) is 14.2 Å². The lowest BCUT2D eigenvalue weighted by atomic mass is 9.79. The van der Waals surface area contributed by atoms with Gasteiger partial charge in [0.25, 0.3) is 14.1 Å². The number of aromatic nitrogens is 2. The number of benzene rings is 3. The molecule has 4 aromatic rings. The Kier molecular flexibility index (Phi) is 18.7. The fourth-order valence-corrected chi connectivity index (χ4v) is 16.3. The second-order valence-electron chi connectivity index (χ2n) is 17.7. The van der Waals surface area contributed by atoms with Crippen molar-refractivity contribution in [3.05, 3.63) is 129 Å². The highest BCUT2D eigenvalue weighted by Gasteiger charge is 2.54. The van der Waals surface area contributed by atoms with Crippen molar-refractivity contribution in [1.82, 2.24) is 14.2 Å². The molecule has 1 N–H and O–H groups in total. The zero-order valence-corrected chi connectivity index (χ0v) is 42.0. The zero-order valence-electron chi connectivity index (χ0n) is 40.1. The minimum atomic E-state index is -2.48. The fraction of sp³-hybridized carbons (Fsp3) is 0.531. The molecule has 14 nitrogen and oxygen atoms in total. The number of H-pyrrole nitrogens is 1. The standard InChI is InChI=1S/C49H69N4O10PSi/c1-33(2)53(34(3)4)64(59-30-16-28-50)60-31-43-45(46(47(62-43)52-29-27-44(54)51-48(52)55)58-32-61-65(35(5)6,36(7)8)37(9)10)63-49(38-17-14-13-15-18-38,39-19-23-41(56-11)24-20-39)40-21-25-42(57-12)26-22-40/h13-15,17-27,29,33-37,43,45-47H,16,30-32H2,1-12H3,(H,51,54,55)/t43-,45-,46-,47-,64?/m1/s1. The van der Waals surface area contributed by atoms with E-state index in [-0.39, 0.29) is 55.1 Å². The van der Waals surface area contributed by atoms with Crippen molar-refractivity contribution in [1.29, 1.82) is 5.26 Å². The summed E-state index contributed by atoms with van der Waals surface area (Å²) < 4.78 is 56.7. The molecule has 3 aromatic carbocycles. The zero-order chi connectivity index (χ0) is 47.5. The summed E-state index contributed by atoms with van der Waals surface area (Å²) in [6.45, 7) is 21.5. The molecule has 1 saturated heterocycles. The Morgan fingerprint density at radius 1 is 0.769 bits per heavy atom. The first-order chi connectivity index (χ1) is 31.0. The number of ether oxygens (including phenoxy) is 5. The van der Waals surface area contributed by atoms with Crippen molar-refractivity contribution < 1.29 is 37.2 Å². The highest BCUT2D eigenvalue weighted by molar-refractivity contribution is 7.44. The molecule has 5 rings (SSSR count). The summed E-state index contributed by atoms with van der Waals surface area (Å²) in [5.41, 5.74) is 0.549. The SMILES string of the molecule is COc1ccc(C(O[C@H]2[C@@H](OCO[Si](C(C)C)(C(C)C)C(C)C)[C@H](n3ccc(=O)[nH]c3=O)O[C@@H]2COP(OCCC#N)N(C(C)C)C(C)C)(c2ccccc2)c2ccc(OC)cc2)cc1. The number of hydrogen-bond donors (Lipinski definition) is 1. The number of rotatable bonds is 24. The molecule has 16 heteroatoms. The van der Waals surface area contributed by atoms with Crippen molar-refractivity contribution in [3.8, 4) is 17.6 Å². The summed E-state index contributed by atoms with van der Waals surface area (Å²) in [7, 11) is -0.956. The van der Waals surface area contributed by atoms with E-state index in [1.807, 2.05) is 78.9 Å². The van der Waals surface area contributed by atoms with E-state index in [0.717, 1.165) is 16.7 Å². The minimum absolute atomic E-state index is 0.0311. The van der Waals surface area contributed by atoms with Gasteiger partial charge in [-0.25, -0.2) is 9.46 Å². The van der Waals surface area contributed by atoms with Gasteiger partial charge in [-0.05, 0) is 85.3 Å². The third-order valence-electron chi connectivity index (χ3n) is 12.2. The van der Waals surface area contributed by atoms with Gasteiger partial charge in [0, 0.05) is 24.3 Å². The minimum Gasteiger partial charge on any atom is -0.497 e. The molecule has 0 spiro atoms. The molecule has 1 aliphatic heterocycles. The van der Waals surface area contributed by atoms with Crippen LogP contribution >= 0.6 is 8.53 Å². The Morgan fingerprint density at radius 3 is 1.78 bits per heavy atom. The average molecular weight is 933 g/mol. The smallest absolute Gasteiger partial charge is 0.330 e. The third kappa shape index (κ3) is 11.7. The number of methoxy groups -OCH3 is 2. The normalized spacial score (nSPS) is 18.6. The van der Waals surface area contributed by atoms with Crippen LogP contribution in [0.1, 0.15) is 98.6 Å². The number of hydrogen-bond acceptors (Lipinski definition) is 12. The molecule has 354 valence electrons. The van der Waals surface area contributed by atoms with E-state index in [1.165, 1.54) is 16.8 Å². The van der Waals surface area contributed by atoms with Gasteiger partial charge in [0.05, 0.1) is 39.9 Å². The van der Waals surface area contributed by atoms with Crippen LogP contribution < -0.4 is 20.7 Å². The van der Waals surface area contributed by atoms with Crippen molar-refractivity contribution in [2.75, 3.05) is 34.2 Å². The molecule has 1 aliphatic rings. The molecule has 0 bridgehead atoms. The summed E-state index contributed by atoms with van der Waals surface area (Å²) in [4.78, 5) is 28.7. The van der Waals surface area contributed by atoms with Crippen molar-refractivity contribution in [2.45, 2.75) is 135 Å². The Balaban J connectivity index is 1.77. The predicted octanol–water partition coefficient (Wildman–Crippen LogP) is 9.66. The molecule has 65 heavy (non-hydrogen) atoms. The van der Waals surface area contributed by atoms with Gasteiger partial charge in [-0.2, -0.15) is 5.26 Å². The van der Waals surface area contributed by atoms with Crippen LogP contribution in [0, 0.1) is 11.3 Å². The molecular weight excluding hydrogens is 864 g/mol. The van der Waals surface area contributed by atoms with Crippen LogP contribution in [0.2, 0.25) is 16.6 Å². The Morgan fingerprint density at radius 2 is 1.31 bits per heavy atom.